The van der Waals surface area contributed by atoms with Crippen molar-refractivity contribution in [3.63, 3.8) is 0 Å². The average molecular weight is 797 g/mol. The van der Waals surface area contributed by atoms with E-state index in [2.05, 4.69) is 48.8 Å². The van der Waals surface area contributed by atoms with E-state index in [4.69, 9.17) is 19.3 Å². The predicted octanol–water partition coefficient (Wildman–Crippen LogP) is 8.89. The van der Waals surface area contributed by atoms with Crippen LogP contribution in [-0.2, 0) is 28.2 Å². The van der Waals surface area contributed by atoms with Crippen molar-refractivity contribution in [3.8, 4) is 0 Å². The van der Waals surface area contributed by atoms with E-state index in [0.29, 0.717) is 38.5 Å². The summed E-state index contributed by atoms with van der Waals surface area (Å²) in [6.45, 7) is 3.32. The quantitative estimate of drug-likeness (QED) is 0.0185. The number of phosphoric ester groups is 1. The summed E-state index contributed by atoms with van der Waals surface area (Å²) in [5, 5.41) is 31.2. The van der Waals surface area contributed by atoms with Gasteiger partial charge in [-0.15, -0.1) is 0 Å². The third-order valence-electron chi connectivity index (χ3n) is 9.58. The van der Waals surface area contributed by atoms with Gasteiger partial charge in [0.25, 0.3) is 0 Å². The molecule has 1 rings (SSSR count). The Bertz CT molecular complexity index is 1190. The number of aliphatic hydroxyl groups excluding tert-OH is 3. The van der Waals surface area contributed by atoms with Crippen LogP contribution in [0.25, 0.3) is 0 Å². The molecule has 0 aromatic carbocycles. The zero-order valence-electron chi connectivity index (χ0n) is 33.6. The maximum Gasteiger partial charge on any atom is 0.469 e. The summed E-state index contributed by atoms with van der Waals surface area (Å²) in [7, 11) is -4.84. The second kappa shape index (κ2) is 32.7. The summed E-state index contributed by atoms with van der Waals surface area (Å²) in [6, 6.07) is 0. The fourth-order valence-electron chi connectivity index (χ4n) is 6.38. The maximum atomic E-state index is 12.5. The monoisotopic (exact) mass is 796 g/mol. The topological polar surface area (TPSA) is 180 Å². The summed E-state index contributed by atoms with van der Waals surface area (Å²) < 4.78 is 26.3. The molecule has 316 valence electrons. The van der Waals surface area contributed by atoms with Crippen molar-refractivity contribution in [3.05, 3.63) is 60.8 Å². The summed E-state index contributed by atoms with van der Waals surface area (Å²) in [4.78, 5) is 43.0. The molecule has 0 amide bonds. The summed E-state index contributed by atoms with van der Waals surface area (Å²) in [6.07, 6.45) is 34.7. The number of phosphoric acid groups is 1. The molecule has 0 bridgehead atoms. The molecule has 1 fully saturated rings. The van der Waals surface area contributed by atoms with Crippen LogP contribution in [0.3, 0.4) is 0 Å². The standard InChI is InChI=1S/C43H73O11P/c1-3-5-7-8-9-10-11-12-13-14-15-16-17-18-19-20-25-29-42(47)52-34-37(35-53-55(49,50)51)54-43(48)30-26-22-21-24-28-38-39(41(46)33-40(38)45)32-31-36(44)27-23-6-4-2/h12-13,15-16,18-19,21,24,31-32,36-41,44-46H,3-11,14,17,20,22-23,25-30,33-35H2,1-2H3,(H2,49,50,51)/b13-12-,16-15-,19-18-,24-21+,32-31+/t36-,37+,38+,39+,40-,41+/m0/s1. The number of aliphatic hydroxyl groups is 3. The minimum absolute atomic E-state index is 0.0220. The molecule has 1 aliphatic rings. The van der Waals surface area contributed by atoms with Crippen LogP contribution in [0.1, 0.15) is 149 Å². The average Bonchev–Trinajstić information content (AvgIpc) is 3.41. The van der Waals surface area contributed by atoms with Gasteiger partial charge >= 0.3 is 19.8 Å². The fourth-order valence-corrected chi connectivity index (χ4v) is 6.74. The minimum atomic E-state index is -4.84. The van der Waals surface area contributed by atoms with Gasteiger partial charge in [0.2, 0.25) is 0 Å². The molecule has 1 aliphatic carbocycles. The number of rotatable bonds is 33. The van der Waals surface area contributed by atoms with Crippen molar-refractivity contribution in [1.29, 1.82) is 0 Å². The van der Waals surface area contributed by atoms with Gasteiger partial charge in [0.15, 0.2) is 6.10 Å². The largest absolute Gasteiger partial charge is 0.469 e. The molecule has 0 aliphatic heterocycles. The highest BCUT2D eigenvalue weighted by atomic mass is 31.2. The highest BCUT2D eigenvalue weighted by Gasteiger charge is 2.39. The molecule has 0 heterocycles. The number of carbonyl (C=O) groups excluding carboxylic acids is 2. The lowest BCUT2D eigenvalue weighted by molar-refractivity contribution is -0.161. The molecule has 0 aromatic heterocycles. The zero-order chi connectivity index (χ0) is 40.6. The van der Waals surface area contributed by atoms with Gasteiger partial charge in [0.1, 0.15) is 6.61 Å². The lowest BCUT2D eigenvalue weighted by atomic mass is 9.89. The van der Waals surface area contributed by atoms with Gasteiger partial charge in [-0.05, 0) is 70.1 Å². The second-order valence-electron chi connectivity index (χ2n) is 14.6. The van der Waals surface area contributed by atoms with Gasteiger partial charge in [-0.3, -0.25) is 14.1 Å². The minimum Gasteiger partial charge on any atom is -0.462 e. The Balaban J connectivity index is 2.34. The number of ether oxygens (including phenoxy) is 2. The summed E-state index contributed by atoms with van der Waals surface area (Å²) in [5.74, 6) is -1.58. The first-order chi connectivity index (χ1) is 26.5. The van der Waals surface area contributed by atoms with Crippen LogP contribution in [-0.4, -0.2) is 74.7 Å². The Morgan fingerprint density at radius 2 is 1.27 bits per heavy atom. The highest BCUT2D eigenvalue weighted by Crippen LogP contribution is 2.37. The molecule has 0 aromatic rings. The van der Waals surface area contributed by atoms with E-state index in [9.17, 15) is 29.5 Å². The van der Waals surface area contributed by atoms with Gasteiger partial charge in [0, 0.05) is 25.2 Å². The molecule has 0 unspecified atom stereocenters. The van der Waals surface area contributed by atoms with Gasteiger partial charge in [-0.1, -0.05) is 126 Å². The van der Waals surface area contributed by atoms with Gasteiger partial charge in [0.05, 0.1) is 24.9 Å². The van der Waals surface area contributed by atoms with Gasteiger partial charge in [-0.25, -0.2) is 4.57 Å². The van der Waals surface area contributed by atoms with E-state index in [0.717, 1.165) is 38.5 Å². The van der Waals surface area contributed by atoms with Crippen LogP contribution in [0.4, 0.5) is 0 Å². The predicted molar refractivity (Wildman–Crippen MR) is 218 cm³/mol. The van der Waals surface area contributed by atoms with Crippen molar-refractivity contribution in [2.45, 2.75) is 173 Å². The molecule has 1 saturated carbocycles. The summed E-state index contributed by atoms with van der Waals surface area (Å²) >= 11 is 0. The number of hydrogen-bond acceptors (Lipinski definition) is 9. The normalized spacial score (nSPS) is 20.5. The molecule has 12 heteroatoms. The molecular weight excluding hydrogens is 723 g/mol. The first kappa shape index (κ1) is 50.6. The fraction of sp³-hybridized carbons (Fsp3) is 0.721. The Kier molecular flexibility index (Phi) is 30.1. The van der Waals surface area contributed by atoms with Crippen LogP contribution in [0.5, 0.6) is 0 Å². The van der Waals surface area contributed by atoms with Crippen molar-refractivity contribution < 1.29 is 53.3 Å². The van der Waals surface area contributed by atoms with E-state index in [1.54, 1.807) is 6.08 Å². The van der Waals surface area contributed by atoms with Crippen LogP contribution in [0, 0.1) is 11.8 Å². The highest BCUT2D eigenvalue weighted by molar-refractivity contribution is 7.46. The number of unbranched alkanes of at least 4 members (excludes halogenated alkanes) is 10. The molecular formula is C43H73O11P. The number of esters is 2. The van der Waals surface area contributed by atoms with Crippen LogP contribution >= 0.6 is 7.82 Å². The van der Waals surface area contributed by atoms with Crippen molar-refractivity contribution in [2.24, 2.45) is 11.8 Å². The Morgan fingerprint density at radius 3 is 1.93 bits per heavy atom. The van der Waals surface area contributed by atoms with E-state index in [-0.39, 0.29) is 37.7 Å². The van der Waals surface area contributed by atoms with Crippen LogP contribution < -0.4 is 0 Å². The molecule has 0 saturated heterocycles. The molecule has 6 atom stereocenters. The second-order valence-corrected chi connectivity index (χ2v) is 15.8. The van der Waals surface area contributed by atoms with E-state index >= 15 is 0 Å². The van der Waals surface area contributed by atoms with E-state index in [1.807, 2.05) is 24.3 Å². The Hall–Kier alpha value is -2.37. The molecule has 5 N–H and O–H groups in total. The number of hydrogen-bond donors (Lipinski definition) is 5. The lowest BCUT2D eigenvalue weighted by Crippen LogP contribution is -2.29. The van der Waals surface area contributed by atoms with E-state index < -0.39 is 50.8 Å². The van der Waals surface area contributed by atoms with E-state index in [1.165, 1.54) is 38.5 Å². The third-order valence-corrected chi connectivity index (χ3v) is 10.1. The smallest absolute Gasteiger partial charge is 0.462 e. The molecule has 11 nitrogen and oxygen atoms in total. The van der Waals surface area contributed by atoms with Crippen molar-refractivity contribution >= 4 is 19.8 Å². The summed E-state index contributed by atoms with van der Waals surface area (Å²) in [5.41, 5.74) is 0. The maximum absolute atomic E-state index is 12.5. The molecule has 0 radical (unpaired) electrons. The third kappa shape index (κ3) is 28.6. The van der Waals surface area contributed by atoms with Crippen molar-refractivity contribution in [1.82, 2.24) is 0 Å². The Morgan fingerprint density at radius 1 is 0.709 bits per heavy atom. The van der Waals surface area contributed by atoms with Crippen LogP contribution in [0.2, 0.25) is 0 Å². The first-order valence-corrected chi connectivity index (χ1v) is 22.4. The van der Waals surface area contributed by atoms with Gasteiger partial charge < -0.3 is 34.6 Å². The van der Waals surface area contributed by atoms with Gasteiger partial charge in [-0.2, -0.15) is 0 Å². The molecule has 55 heavy (non-hydrogen) atoms. The lowest BCUT2D eigenvalue weighted by Gasteiger charge is -2.19. The SMILES string of the molecule is CCCCCCCC/C=C\C/C=C\C/C=C\CCCC(=O)OC[C@H](COP(=O)(O)O)OC(=O)CCC/C=C/C[C@@H]1[C@@H](/C=C/[C@@H](O)CCCCC)[C@H](O)C[C@@H]1O. The number of allylic oxidation sites excluding steroid dienone is 8. The van der Waals surface area contributed by atoms with Crippen molar-refractivity contribution in [2.75, 3.05) is 13.2 Å². The Labute approximate surface area is 331 Å². The number of carbonyl (C=O) groups is 2. The van der Waals surface area contributed by atoms with Crippen LogP contribution in [0.15, 0.2) is 60.8 Å². The first-order valence-electron chi connectivity index (χ1n) is 20.8. The molecule has 0 spiro atoms. The zero-order valence-corrected chi connectivity index (χ0v) is 34.5.